The number of hydrogen-bond acceptors (Lipinski definition) is 5. The third-order valence-electron chi connectivity index (χ3n) is 4.18. The summed E-state index contributed by atoms with van der Waals surface area (Å²) in [7, 11) is 1.68. The van der Waals surface area contributed by atoms with Crippen molar-refractivity contribution >= 4 is 27.3 Å². The van der Waals surface area contributed by atoms with E-state index in [4.69, 9.17) is 9.47 Å². The largest absolute Gasteiger partial charge is 0.493 e. The van der Waals surface area contributed by atoms with Crippen molar-refractivity contribution in [2.75, 3.05) is 39.9 Å². The van der Waals surface area contributed by atoms with Gasteiger partial charge in [0, 0.05) is 31.1 Å². The van der Waals surface area contributed by atoms with E-state index in [1.54, 1.807) is 18.4 Å². The predicted octanol–water partition coefficient (Wildman–Crippen LogP) is 3.91. The van der Waals surface area contributed by atoms with Gasteiger partial charge in [0.1, 0.15) is 0 Å². The Morgan fingerprint density at radius 3 is 2.62 bits per heavy atom. The van der Waals surface area contributed by atoms with Gasteiger partial charge < -0.3 is 14.8 Å². The van der Waals surface area contributed by atoms with Gasteiger partial charge in [-0.15, -0.1) is 11.3 Å². The molecule has 1 saturated heterocycles. The molecule has 0 amide bonds. The quantitative estimate of drug-likeness (QED) is 0.782. The second-order valence-corrected chi connectivity index (χ2v) is 8.17. The highest BCUT2D eigenvalue weighted by molar-refractivity contribution is 9.11. The maximum atomic E-state index is 5.79. The maximum absolute atomic E-state index is 5.79. The van der Waals surface area contributed by atoms with E-state index in [9.17, 15) is 0 Å². The Morgan fingerprint density at radius 2 is 2.00 bits per heavy atom. The van der Waals surface area contributed by atoms with E-state index in [-0.39, 0.29) is 6.04 Å². The number of thiophene rings is 1. The molecule has 1 aromatic heterocycles. The van der Waals surface area contributed by atoms with Crippen molar-refractivity contribution in [2.24, 2.45) is 0 Å². The molecule has 0 radical (unpaired) electrons. The van der Waals surface area contributed by atoms with E-state index in [1.165, 1.54) is 10.4 Å². The molecule has 0 saturated carbocycles. The summed E-state index contributed by atoms with van der Waals surface area (Å²) in [5, 5.41) is 3.44. The molecule has 0 spiro atoms. The Kier molecular flexibility index (Phi) is 6.16. The van der Waals surface area contributed by atoms with Gasteiger partial charge in [-0.1, -0.05) is 6.07 Å². The van der Waals surface area contributed by atoms with Crippen LogP contribution < -0.4 is 14.8 Å². The number of nitrogens with zero attached hydrogens (tertiary/aromatic N) is 1. The summed E-state index contributed by atoms with van der Waals surface area (Å²) in [6.45, 7) is 6.75. The molecule has 1 aliphatic heterocycles. The lowest BCUT2D eigenvalue weighted by atomic mass is 10.0. The van der Waals surface area contributed by atoms with Gasteiger partial charge in [0.05, 0.1) is 23.5 Å². The molecule has 1 aromatic carbocycles. The first-order valence-corrected chi connectivity index (χ1v) is 9.84. The Bertz CT molecular complexity index is 671. The van der Waals surface area contributed by atoms with Crippen LogP contribution in [0.2, 0.25) is 0 Å². The van der Waals surface area contributed by atoms with Crippen LogP contribution in [0.5, 0.6) is 11.5 Å². The Morgan fingerprint density at radius 1 is 1.21 bits per heavy atom. The molecule has 0 bridgehead atoms. The summed E-state index contributed by atoms with van der Waals surface area (Å²) in [4.78, 5) is 3.88. The molecule has 1 unspecified atom stereocenters. The van der Waals surface area contributed by atoms with Crippen molar-refractivity contribution in [3.05, 3.63) is 44.6 Å². The average Bonchev–Trinajstić information content (AvgIpc) is 3.03. The molecule has 0 aliphatic carbocycles. The molecule has 1 aliphatic rings. The third kappa shape index (κ3) is 3.94. The molecule has 1 atom stereocenters. The molecule has 24 heavy (non-hydrogen) atoms. The highest BCUT2D eigenvalue weighted by atomic mass is 79.9. The highest BCUT2D eigenvalue weighted by Gasteiger charge is 2.26. The number of ether oxygens (including phenoxy) is 2. The number of piperazine rings is 1. The van der Waals surface area contributed by atoms with Crippen molar-refractivity contribution < 1.29 is 9.47 Å². The van der Waals surface area contributed by atoms with Crippen LogP contribution in [-0.2, 0) is 0 Å². The number of rotatable bonds is 6. The minimum absolute atomic E-state index is 0.244. The number of methoxy groups -OCH3 is 1. The second-order valence-electron chi connectivity index (χ2n) is 5.67. The molecule has 1 N–H and O–H groups in total. The Labute approximate surface area is 155 Å². The normalized spacial score (nSPS) is 16.8. The molecular formula is C18H23BrN2O2S. The van der Waals surface area contributed by atoms with Crippen LogP contribution >= 0.6 is 27.3 Å². The Hall–Kier alpha value is -1.08. The fourth-order valence-electron chi connectivity index (χ4n) is 3.10. The molecule has 1 fully saturated rings. The van der Waals surface area contributed by atoms with Crippen LogP contribution in [0.25, 0.3) is 0 Å². The maximum Gasteiger partial charge on any atom is 0.161 e. The highest BCUT2D eigenvalue weighted by Crippen LogP contribution is 2.38. The van der Waals surface area contributed by atoms with Crippen molar-refractivity contribution in [1.29, 1.82) is 0 Å². The Balaban J connectivity index is 1.99. The summed E-state index contributed by atoms with van der Waals surface area (Å²) in [6.07, 6.45) is 0. The smallest absolute Gasteiger partial charge is 0.161 e. The van der Waals surface area contributed by atoms with Crippen LogP contribution in [0, 0.1) is 0 Å². The van der Waals surface area contributed by atoms with Gasteiger partial charge in [-0.25, -0.2) is 0 Å². The zero-order valence-electron chi connectivity index (χ0n) is 14.0. The first kappa shape index (κ1) is 17.7. The molecule has 2 aromatic rings. The molecule has 130 valence electrons. The predicted molar refractivity (Wildman–Crippen MR) is 102 cm³/mol. The average molecular weight is 411 g/mol. The topological polar surface area (TPSA) is 33.7 Å². The summed E-state index contributed by atoms with van der Waals surface area (Å²) in [5.41, 5.74) is 1.25. The van der Waals surface area contributed by atoms with Gasteiger partial charge in [-0.3, -0.25) is 4.90 Å². The van der Waals surface area contributed by atoms with Gasteiger partial charge >= 0.3 is 0 Å². The number of benzene rings is 1. The van der Waals surface area contributed by atoms with E-state index in [1.807, 2.05) is 13.0 Å². The van der Waals surface area contributed by atoms with Crippen LogP contribution in [0.15, 0.2) is 34.1 Å². The fourth-order valence-corrected chi connectivity index (χ4v) is 4.69. The van der Waals surface area contributed by atoms with Crippen molar-refractivity contribution in [2.45, 2.75) is 13.0 Å². The van der Waals surface area contributed by atoms with Crippen molar-refractivity contribution in [1.82, 2.24) is 10.2 Å². The van der Waals surface area contributed by atoms with Gasteiger partial charge in [0.25, 0.3) is 0 Å². The number of nitrogens with one attached hydrogen (secondary N) is 1. The van der Waals surface area contributed by atoms with Gasteiger partial charge in [-0.2, -0.15) is 0 Å². The summed E-state index contributed by atoms with van der Waals surface area (Å²) >= 11 is 5.40. The van der Waals surface area contributed by atoms with Crippen molar-refractivity contribution in [3.8, 4) is 11.5 Å². The monoisotopic (exact) mass is 410 g/mol. The van der Waals surface area contributed by atoms with Crippen LogP contribution in [-0.4, -0.2) is 44.8 Å². The molecule has 4 nitrogen and oxygen atoms in total. The summed E-state index contributed by atoms with van der Waals surface area (Å²) in [5.74, 6) is 1.60. The molecule has 3 rings (SSSR count). The molecule has 2 heterocycles. The zero-order chi connectivity index (χ0) is 16.9. The fraction of sp³-hybridized carbons (Fsp3) is 0.444. The first-order chi connectivity index (χ1) is 11.7. The van der Waals surface area contributed by atoms with E-state index in [2.05, 4.69) is 50.4 Å². The lowest BCUT2D eigenvalue weighted by molar-refractivity contribution is 0.200. The van der Waals surface area contributed by atoms with E-state index >= 15 is 0 Å². The SMILES string of the molecule is CCOc1cc(C(c2ccc(Br)s2)N2CCNCC2)ccc1OC. The second kappa shape index (κ2) is 8.34. The van der Waals surface area contributed by atoms with Gasteiger partial charge in [-0.05, 0) is 52.7 Å². The number of hydrogen-bond donors (Lipinski definition) is 1. The minimum atomic E-state index is 0.244. The summed E-state index contributed by atoms with van der Waals surface area (Å²) in [6, 6.07) is 10.9. The van der Waals surface area contributed by atoms with E-state index < -0.39 is 0 Å². The van der Waals surface area contributed by atoms with Crippen LogP contribution in [0.4, 0.5) is 0 Å². The van der Waals surface area contributed by atoms with Gasteiger partial charge in [0.2, 0.25) is 0 Å². The van der Waals surface area contributed by atoms with Gasteiger partial charge in [0.15, 0.2) is 11.5 Å². The standard InChI is InChI=1S/C18H23BrN2O2S/c1-3-23-15-12-13(4-5-14(15)22-2)18(16-6-7-17(19)24-16)21-10-8-20-9-11-21/h4-7,12,18,20H,3,8-11H2,1-2H3. The lowest BCUT2D eigenvalue weighted by Gasteiger charge is -2.35. The van der Waals surface area contributed by atoms with Crippen LogP contribution in [0.3, 0.4) is 0 Å². The third-order valence-corrected chi connectivity index (χ3v) is 5.86. The number of halogens is 1. The summed E-state index contributed by atoms with van der Waals surface area (Å²) < 4.78 is 12.4. The lowest BCUT2D eigenvalue weighted by Crippen LogP contribution is -2.45. The molecular weight excluding hydrogens is 388 g/mol. The van der Waals surface area contributed by atoms with Crippen LogP contribution in [0.1, 0.15) is 23.4 Å². The zero-order valence-corrected chi connectivity index (χ0v) is 16.5. The first-order valence-electron chi connectivity index (χ1n) is 8.23. The minimum Gasteiger partial charge on any atom is -0.493 e. The molecule has 6 heteroatoms. The van der Waals surface area contributed by atoms with E-state index in [0.29, 0.717) is 6.61 Å². The van der Waals surface area contributed by atoms with E-state index in [0.717, 1.165) is 41.5 Å². The van der Waals surface area contributed by atoms with Crippen molar-refractivity contribution in [3.63, 3.8) is 0 Å².